The summed E-state index contributed by atoms with van der Waals surface area (Å²) in [5.74, 6) is 1.85. The molecule has 3 atom stereocenters. The van der Waals surface area contributed by atoms with Gasteiger partial charge in [0.15, 0.2) is 0 Å². The van der Waals surface area contributed by atoms with Crippen LogP contribution in [0.5, 0.6) is 0 Å². The van der Waals surface area contributed by atoms with Crippen LogP contribution in [0, 0.1) is 11.8 Å². The van der Waals surface area contributed by atoms with Gasteiger partial charge in [-0.25, -0.2) is 0 Å². The monoisotopic (exact) mass is 281 g/mol. The molecule has 2 rings (SSSR count). The van der Waals surface area contributed by atoms with Crippen LogP contribution >= 0.6 is 0 Å². The summed E-state index contributed by atoms with van der Waals surface area (Å²) < 4.78 is 0. The van der Waals surface area contributed by atoms with Crippen molar-refractivity contribution in [3.8, 4) is 0 Å². The van der Waals surface area contributed by atoms with E-state index >= 15 is 0 Å². The summed E-state index contributed by atoms with van der Waals surface area (Å²) in [6.45, 7) is 6.28. The summed E-state index contributed by atoms with van der Waals surface area (Å²) in [5.41, 5.74) is 0. The summed E-state index contributed by atoms with van der Waals surface area (Å²) in [7, 11) is 6.61. The van der Waals surface area contributed by atoms with Gasteiger partial charge < -0.3 is 15.1 Å². The van der Waals surface area contributed by atoms with Gasteiger partial charge in [-0.15, -0.1) is 0 Å². The van der Waals surface area contributed by atoms with Crippen molar-refractivity contribution in [1.82, 2.24) is 15.1 Å². The van der Waals surface area contributed by atoms with Crippen molar-refractivity contribution in [3.63, 3.8) is 0 Å². The molecule has 2 aliphatic rings. The van der Waals surface area contributed by atoms with Gasteiger partial charge in [0.25, 0.3) is 0 Å². The van der Waals surface area contributed by atoms with Crippen molar-refractivity contribution in [2.45, 2.75) is 57.5 Å². The first kappa shape index (κ1) is 16.3. The van der Waals surface area contributed by atoms with Crippen molar-refractivity contribution in [3.05, 3.63) is 0 Å². The molecule has 0 radical (unpaired) electrons. The minimum atomic E-state index is 0.754. The number of nitrogens with zero attached hydrogens (tertiary/aromatic N) is 2. The molecule has 0 aromatic rings. The summed E-state index contributed by atoms with van der Waals surface area (Å²) in [6, 6.07) is 1.56. The number of rotatable bonds is 5. The summed E-state index contributed by atoms with van der Waals surface area (Å²) >= 11 is 0. The van der Waals surface area contributed by atoms with Crippen molar-refractivity contribution < 1.29 is 0 Å². The third kappa shape index (κ3) is 4.19. The van der Waals surface area contributed by atoms with Crippen LogP contribution in [0.4, 0.5) is 0 Å². The van der Waals surface area contributed by atoms with Crippen molar-refractivity contribution in [2.24, 2.45) is 11.8 Å². The van der Waals surface area contributed by atoms with Crippen LogP contribution in [-0.4, -0.2) is 62.7 Å². The van der Waals surface area contributed by atoms with Crippen LogP contribution in [0.25, 0.3) is 0 Å². The van der Waals surface area contributed by atoms with Gasteiger partial charge in [0.05, 0.1) is 0 Å². The molecule has 1 saturated heterocycles. The van der Waals surface area contributed by atoms with E-state index in [0.29, 0.717) is 0 Å². The molecule has 3 unspecified atom stereocenters. The molecule has 3 heteroatoms. The normalized spacial score (nSPS) is 33.8. The maximum atomic E-state index is 3.58. The number of piperidine rings is 1. The van der Waals surface area contributed by atoms with Crippen LogP contribution in [-0.2, 0) is 0 Å². The minimum absolute atomic E-state index is 0.754. The Bertz CT molecular complexity index is 271. The van der Waals surface area contributed by atoms with E-state index in [2.05, 4.69) is 43.2 Å². The average Bonchev–Trinajstić information content (AvgIpc) is 2.47. The first-order chi connectivity index (χ1) is 9.63. The second-order valence-corrected chi connectivity index (χ2v) is 7.24. The van der Waals surface area contributed by atoms with E-state index in [9.17, 15) is 0 Å². The van der Waals surface area contributed by atoms with Gasteiger partial charge in [0, 0.05) is 18.6 Å². The molecule has 20 heavy (non-hydrogen) atoms. The molecular formula is C17H35N3. The summed E-state index contributed by atoms with van der Waals surface area (Å²) in [4.78, 5) is 5.13. The van der Waals surface area contributed by atoms with E-state index < -0.39 is 0 Å². The summed E-state index contributed by atoms with van der Waals surface area (Å²) in [6.07, 6.45) is 8.32. The number of hydrogen-bond donors (Lipinski definition) is 1. The predicted molar refractivity (Wildman–Crippen MR) is 87.1 cm³/mol. The molecule has 1 heterocycles. The first-order valence-electron chi connectivity index (χ1n) is 8.70. The molecule has 1 aliphatic heterocycles. The topological polar surface area (TPSA) is 18.5 Å². The highest BCUT2D eigenvalue weighted by Crippen LogP contribution is 2.32. The van der Waals surface area contributed by atoms with E-state index in [1.807, 2.05) is 0 Å². The van der Waals surface area contributed by atoms with E-state index in [0.717, 1.165) is 23.9 Å². The highest BCUT2D eigenvalue weighted by molar-refractivity contribution is 4.87. The first-order valence-corrected chi connectivity index (χ1v) is 8.70. The quantitative estimate of drug-likeness (QED) is 0.835. The maximum Gasteiger partial charge on any atom is 0.0113 e. The van der Waals surface area contributed by atoms with Crippen molar-refractivity contribution in [2.75, 3.05) is 40.8 Å². The van der Waals surface area contributed by atoms with Gasteiger partial charge in [-0.1, -0.05) is 13.3 Å². The minimum Gasteiger partial charge on any atom is -0.317 e. The Morgan fingerprint density at radius 1 is 1.10 bits per heavy atom. The number of hydrogen-bond acceptors (Lipinski definition) is 3. The molecule has 0 aromatic carbocycles. The maximum absolute atomic E-state index is 3.58. The second-order valence-electron chi connectivity index (χ2n) is 7.24. The summed E-state index contributed by atoms with van der Waals surface area (Å²) in [5, 5.41) is 3.58. The zero-order valence-electron chi connectivity index (χ0n) is 14.1. The van der Waals surface area contributed by atoms with Gasteiger partial charge >= 0.3 is 0 Å². The van der Waals surface area contributed by atoms with Gasteiger partial charge in [0.1, 0.15) is 0 Å². The van der Waals surface area contributed by atoms with Gasteiger partial charge in [-0.2, -0.15) is 0 Å². The lowest BCUT2D eigenvalue weighted by atomic mass is 9.76. The third-order valence-electron chi connectivity index (χ3n) is 5.82. The highest BCUT2D eigenvalue weighted by atomic mass is 15.2. The Hall–Kier alpha value is -0.120. The van der Waals surface area contributed by atoms with E-state index in [-0.39, 0.29) is 0 Å². The molecule has 1 saturated carbocycles. The Labute approximate surface area is 126 Å². The zero-order chi connectivity index (χ0) is 14.5. The molecule has 118 valence electrons. The van der Waals surface area contributed by atoms with Gasteiger partial charge in [0.2, 0.25) is 0 Å². The standard InChI is InChI=1S/C17H35N3/c1-5-14-6-7-17(18-2)15(12-14)13-20-10-8-16(9-11-20)19(3)4/h14-18H,5-13H2,1-4H3. The van der Waals surface area contributed by atoms with Crippen molar-refractivity contribution in [1.29, 1.82) is 0 Å². The lowest BCUT2D eigenvalue weighted by Gasteiger charge is -2.41. The Morgan fingerprint density at radius 3 is 2.35 bits per heavy atom. The molecular weight excluding hydrogens is 246 g/mol. The van der Waals surface area contributed by atoms with Crippen molar-refractivity contribution >= 4 is 0 Å². The fraction of sp³-hybridized carbons (Fsp3) is 1.00. The fourth-order valence-electron chi connectivity index (χ4n) is 4.26. The number of nitrogens with one attached hydrogen (secondary N) is 1. The molecule has 0 spiro atoms. The molecule has 0 aromatic heterocycles. The Kier molecular flexibility index (Phi) is 6.31. The molecule has 0 amide bonds. The van der Waals surface area contributed by atoms with E-state index in [1.54, 1.807) is 0 Å². The molecule has 1 aliphatic carbocycles. The fourth-order valence-corrected chi connectivity index (χ4v) is 4.26. The molecule has 0 bridgehead atoms. The van der Waals surface area contributed by atoms with E-state index in [1.165, 1.54) is 58.2 Å². The average molecular weight is 281 g/mol. The van der Waals surface area contributed by atoms with E-state index in [4.69, 9.17) is 0 Å². The Balaban J connectivity index is 1.82. The lowest BCUT2D eigenvalue weighted by molar-refractivity contribution is 0.0985. The van der Waals surface area contributed by atoms with Crippen LogP contribution in [0.15, 0.2) is 0 Å². The smallest absolute Gasteiger partial charge is 0.0113 e. The number of likely N-dealkylation sites (tertiary alicyclic amines) is 1. The highest BCUT2D eigenvalue weighted by Gasteiger charge is 2.31. The molecule has 1 N–H and O–H groups in total. The van der Waals surface area contributed by atoms with Gasteiger partial charge in [-0.05, 0) is 78.2 Å². The third-order valence-corrected chi connectivity index (χ3v) is 5.82. The van der Waals surface area contributed by atoms with Gasteiger partial charge in [-0.3, -0.25) is 0 Å². The van der Waals surface area contributed by atoms with Crippen LogP contribution in [0.2, 0.25) is 0 Å². The lowest BCUT2D eigenvalue weighted by Crippen LogP contribution is -2.48. The predicted octanol–water partition coefficient (Wildman–Crippen LogP) is 2.43. The largest absolute Gasteiger partial charge is 0.317 e. The van der Waals surface area contributed by atoms with Crippen LogP contribution in [0.3, 0.4) is 0 Å². The molecule has 2 fully saturated rings. The van der Waals surface area contributed by atoms with Crippen LogP contribution < -0.4 is 5.32 Å². The second kappa shape index (κ2) is 7.77. The zero-order valence-corrected chi connectivity index (χ0v) is 14.1. The molecule has 3 nitrogen and oxygen atoms in total. The Morgan fingerprint density at radius 2 is 1.80 bits per heavy atom. The van der Waals surface area contributed by atoms with Crippen LogP contribution in [0.1, 0.15) is 45.4 Å². The SMILES string of the molecule is CCC1CCC(NC)C(CN2CCC(N(C)C)CC2)C1.